The van der Waals surface area contributed by atoms with Crippen LogP contribution in [0, 0.1) is 13.8 Å². The van der Waals surface area contributed by atoms with Gasteiger partial charge >= 0.3 is 5.97 Å². The maximum atomic E-state index is 11.4. The number of ether oxygens (including phenoxy) is 1. The zero-order valence-corrected chi connectivity index (χ0v) is 11.5. The van der Waals surface area contributed by atoms with Crippen LogP contribution in [-0.4, -0.2) is 23.3 Å². The molecule has 0 aliphatic carbocycles. The van der Waals surface area contributed by atoms with E-state index in [0.717, 1.165) is 26.6 Å². The highest BCUT2D eigenvalue weighted by Crippen LogP contribution is 2.18. The molecule has 0 aliphatic heterocycles. The molecular formula is C10H13ClO2Si. The number of hydrogen-bond donors (Lipinski definition) is 0. The number of hydrogen-bond acceptors (Lipinski definition) is 2. The Kier molecular flexibility index (Phi) is 3.34. The molecule has 1 rings (SSSR count). The number of halogens is 1. The minimum absolute atomic E-state index is 0.306. The van der Waals surface area contributed by atoms with E-state index in [1.54, 1.807) is 0 Å². The molecule has 1 aromatic carbocycles. The van der Waals surface area contributed by atoms with Gasteiger partial charge in [0.05, 0.1) is 12.7 Å². The zero-order chi connectivity index (χ0) is 10.9. The van der Waals surface area contributed by atoms with Gasteiger partial charge in [-0.15, -0.1) is 0 Å². The van der Waals surface area contributed by atoms with E-state index in [0.29, 0.717) is 10.6 Å². The molecule has 0 unspecified atom stereocenters. The van der Waals surface area contributed by atoms with E-state index in [1.807, 2.05) is 19.9 Å². The summed E-state index contributed by atoms with van der Waals surface area (Å²) in [5, 5.41) is 1.62. The van der Waals surface area contributed by atoms with Crippen LogP contribution in [0.2, 0.25) is 5.02 Å². The first-order valence-corrected chi connectivity index (χ1v) is 5.71. The number of rotatable bonds is 1. The fraction of sp³-hybridized carbons (Fsp3) is 0.300. The van der Waals surface area contributed by atoms with Crippen molar-refractivity contribution in [2.24, 2.45) is 0 Å². The smallest absolute Gasteiger partial charge is 0.337 e. The van der Waals surface area contributed by atoms with Crippen LogP contribution in [0.5, 0.6) is 0 Å². The Bertz CT molecular complexity index is 388. The fourth-order valence-electron chi connectivity index (χ4n) is 1.33. The Morgan fingerprint density at radius 2 is 2.07 bits per heavy atom. The van der Waals surface area contributed by atoms with Crippen molar-refractivity contribution in [3.63, 3.8) is 0 Å². The maximum Gasteiger partial charge on any atom is 0.337 e. The molecule has 0 spiro atoms. The van der Waals surface area contributed by atoms with Crippen molar-refractivity contribution in [3.8, 4) is 0 Å². The molecule has 0 atom stereocenters. The first kappa shape index (κ1) is 11.3. The summed E-state index contributed by atoms with van der Waals surface area (Å²) in [6.07, 6.45) is 0. The first-order chi connectivity index (χ1) is 6.49. The van der Waals surface area contributed by atoms with Crippen molar-refractivity contribution in [2.45, 2.75) is 13.8 Å². The molecule has 0 radical (unpaired) electrons. The lowest BCUT2D eigenvalue weighted by Gasteiger charge is -2.10. The van der Waals surface area contributed by atoms with Crippen LogP contribution >= 0.6 is 11.6 Å². The summed E-state index contributed by atoms with van der Waals surface area (Å²) in [5.74, 6) is -0.306. The van der Waals surface area contributed by atoms with Crippen molar-refractivity contribution in [2.75, 3.05) is 7.11 Å². The molecule has 0 aromatic heterocycles. The normalized spacial score (nSPS) is 10.3. The molecule has 0 fully saturated rings. The number of methoxy groups -OCH3 is 1. The van der Waals surface area contributed by atoms with Crippen molar-refractivity contribution in [1.82, 2.24) is 0 Å². The lowest BCUT2D eigenvalue weighted by atomic mass is 10.1. The number of carbonyl (C=O) groups is 1. The first-order valence-electron chi connectivity index (χ1n) is 4.33. The number of carbonyl (C=O) groups excluding carboxylic acids is 1. The zero-order valence-electron chi connectivity index (χ0n) is 8.77. The fourth-order valence-corrected chi connectivity index (χ4v) is 2.30. The van der Waals surface area contributed by atoms with Gasteiger partial charge in [0.1, 0.15) is 0 Å². The van der Waals surface area contributed by atoms with Gasteiger partial charge in [-0.3, -0.25) is 0 Å². The second-order valence-corrected chi connectivity index (χ2v) is 4.67. The molecule has 0 aliphatic rings. The molecule has 14 heavy (non-hydrogen) atoms. The van der Waals surface area contributed by atoms with E-state index >= 15 is 0 Å². The quantitative estimate of drug-likeness (QED) is 0.524. The molecule has 76 valence electrons. The monoisotopic (exact) mass is 228 g/mol. The number of benzene rings is 1. The third kappa shape index (κ3) is 1.83. The Labute approximate surface area is 91.6 Å². The molecule has 0 N–H and O–H groups in total. The standard InChI is InChI=1S/C10H13ClO2Si/c1-5-4-7(10(12)13-3)9(14)8(11)6(5)2/h4H,1-3,14H3. The van der Waals surface area contributed by atoms with Crippen LogP contribution in [0.3, 0.4) is 0 Å². The van der Waals surface area contributed by atoms with Crippen molar-refractivity contribution >= 4 is 33.0 Å². The third-order valence-corrected chi connectivity index (χ3v) is 4.34. The minimum Gasteiger partial charge on any atom is -0.465 e. The summed E-state index contributed by atoms with van der Waals surface area (Å²) < 4.78 is 4.69. The highest BCUT2D eigenvalue weighted by atomic mass is 35.5. The van der Waals surface area contributed by atoms with Crippen LogP contribution in [0.15, 0.2) is 6.07 Å². The van der Waals surface area contributed by atoms with Gasteiger partial charge in [-0.1, -0.05) is 11.6 Å². The SMILES string of the molecule is COC(=O)c1cc(C)c(C)c(Cl)c1[SiH3]. The van der Waals surface area contributed by atoms with Crippen molar-refractivity contribution in [3.05, 3.63) is 27.8 Å². The predicted molar refractivity (Wildman–Crippen MR) is 61.8 cm³/mol. The van der Waals surface area contributed by atoms with Gasteiger partial charge in [-0.05, 0) is 36.2 Å². The van der Waals surface area contributed by atoms with E-state index < -0.39 is 0 Å². The molecule has 0 amide bonds. The summed E-state index contributed by atoms with van der Waals surface area (Å²) in [6.45, 7) is 3.90. The molecule has 0 bridgehead atoms. The topological polar surface area (TPSA) is 26.3 Å². The van der Waals surface area contributed by atoms with Crippen LogP contribution in [-0.2, 0) is 4.74 Å². The molecule has 0 saturated carbocycles. The van der Waals surface area contributed by atoms with E-state index in [9.17, 15) is 4.79 Å². The molecule has 4 heteroatoms. The minimum atomic E-state index is -0.306. The molecular weight excluding hydrogens is 216 g/mol. The Morgan fingerprint density at radius 1 is 1.50 bits per heavy atom. The summed E-state index contributed by atoms with van der Waals surface area (Å²) in [5.41, 5.74) is 2.67. The summed E-state index contributed by atoms with van der Waals surface area (Å²) in [7, 11) is 2.13. The van der Waals surface area contributed by atoms with E-state index in [-0.39, 0.29) is 5.97 Å². The summed E-state index contributed by atoms with van der Waals surface area (Å²) >= 11 is 6.12. The number of esters is 1. The second kappa shape index (κ2) is 4.15. The second-order valence-electron chi connectivity index (χ2n) is 3.30. The van der Waals surface area contributed by atoms with Crippen LogP contribution in [0.4, 0.5) is 0 Å². The third-order valence-electron chi connectivity index (χ3n) is 2.42. The van der Waals surface area contributed by atoms with Gasteiger partial charge in [-0.25, -0.2) is 4.79 Å². The maximum absolute atomic E-state index is 11.4. The highest BCUT2D eigenvalue weighted by Gasteiger charge is 2.14. The van der Waals surface area contributed by atoms with Gasteiger partial charge in [0, 0.05) is 15.3 Å². The van der Waals surface area contributed by atoms with Gasteiger partial charge in [-0.2, -0.15) is 0 Å². The molecule has 0 saturated heterocycles. The summed E-state index contributed by atoms with van der Waals surface area (Å²) in [6, 6.07) is 1.84. The highest BCUT2D eigenvalue weighted by molar-refractivity contribution is 6.47. The Morgan fingerprint density at radius 3 is 2.57 bits per heavy atom. The Hall–Kier alpha value is -0.803. The van der Waals surface area contributed by atoms with E-state index in [2.05, 4.69) is 0 Å². The van der Waals surface area contributed by atoms with Crippen molar-refractivity contribution in [1.29, 1.82) is 0 Å². The average Bonchev–Trinajstić information content (AvgIpc) is 2.19. The van der Waals surface area contributed by atoms with Gasteiger partial charge in [0.2, 0.25) is 0 Å². The van der Waals surface area contributed by atoms with E-state index in [1.165, 1.54) is 7.11 Å². The van der Waals surface area contributed by atoms with Gasteiger partial charge < -0.3 is 4.74 Å². The Balaban J connectivity index is 3.40. The lowest BCUT2D eigenvalue weighted by Crippen LogP contribution is -2.19. The predicted octanol–water partition coefficient (Wildman–Crippen LogP) is 0.734. The van der Waals surface area contributed by atoms with Crippen LogP contribution < -0.4 is 5.19 Å². The average molecular weight is 229 g/mol. The van der Waals surface area contributed by atoms with Crippen LogP contribution in [0.1, 0.15) is 21.5 Å². The molecule has 0 heterocycles. The van der Waals surface area contributed by atoms with E-state index in [4.69, 9.17) is 16.3 Å². The number of aryl methyl sites for hydroxylation is 1. The van der Waals surface area contributed by atoms with Gasteiger partial charge in [0.15, 0.2) is 0 Å². The molecule has 1 aromatic rings. The largest absolute Gasteiger partial charge is 0.465 e. The van der Waals surface area contributed by atoms with Crippen molar-refractivity contribution < 1.29 is 9.53 Å². The summed E-state index contributed by atoms with van der Waals surface area (Å²) in [4.78, 5) is 11.4. The van der Waals surface area contributed by atoms with Gasteiger partial charge in [0.25, 0.3) is 0 Å². The lowest BCUT2D eigenvalue weighted by molar-refractivity contribution is 0.0602. The molecule has 2 nitrogen and oxygen atoms in total. The van der Waals surface area contributed by atoms with Crippen LogP contribution in [0.25, 0.3) is 0 Å².